The first-order valence-corrected chi connectivity index (χ1v) is 15.7. The van der Waals surface area contributed by atoms with Crippen molar-refractivity contribution in [3.05, 3.63) is 35.9 Å². The molecule has 1 aliphatic carbocycles. The van der Waals surface area contributed by atoms with Crippen LogP contribution in [-0.2, 0) is 13.6 Å². The van der Waals surface area contributed by atoms with Crippen molar-refractivity contribution in [1.29, 1.82) is 0 Å². The fraction of sp³-hybridized carbons (Fsp3) is 0.500. The van der Waals surface area contributed by atoms with Gasteiger partial charge in [-0.05, 0) is 73.9 Å². The van der Waals surface area contributed by atoms with Crippen LogP contribution >= 0.6 is 11.9 Å². The quantitative estimate of drug-likeness (QED) is 0.199. The van der Waals surface area contributed by atoms with Crippen molar-refractivity contribution < 1.29 is 18.3 Å². The Labute approximate surface area is 249 Å². The maximum atomic E-state index is 13.6. The van der Waals surface area contributed by atoms with E-state index in [1.807, 2.05) is 43.7 Å². The third kappa shape index (κ3) is 5.66. The number of carbonyl (C=O) groups is 1. The average molecular weight is 600 g/mol. The van der Waals surface area contributed by atoms with Crippen LogP contribution in [0.4, 0.5) is 14.6 Å². The molecule has 12 heteroatoms. The summed E-state index contributed by atoms with van der Waals surface area (Å²) in [5.74, 6) is 1.88. The first-order chi connectivity index (χ1) is 20.3. The number of ether oxygens (including phenoxy) is 1. The predicted octanol–water partition coefficient (Wildman–Crippen LogP) is 5.91. The molecule has 4 aromatic rings. The van der Waals surface area contributed by atoms with Crippen molar-refractivity contribution in [2.24, 2.45) is 18.7 Å². The van der Waals surface area contributed by atoms with E-state index < -0.39 is 6.55 Å². The minimum Gasteiger partial charge on any atom is -0.494 e. The van der Waals surface area contributed by atoms with Gasteiger partial charge in [0.1, 0.15) is 22.7 Å². The molecular weight excluding hydrogens is 560 g/mol. The van der Waals surface area contributed by atoms with E-state index in [2.05, 4.69) is 9.55 Å². The number of anilines is 1. The van der Waals surface area contributed by atoms with Gasteiger partial charge in [-0.3, -0.25) is 4.79 Å². The third-order valence-electron chi connectivity index (χ3n) is 7.84. The number of nitrogens with zero attached hydrogens (tertiary/aromatic N) is 6. The van der Waals surface area contributed by atoms with Crippen molar-refractivity contribution >= 4 is 45.7 Å². The van der Waals surface area contributed by atoms with Crippen LogP contribution in [0.5, 0.6) is 5.75 Å². The largest absolute Gasteiger partial charge is 0.494 e. The number of methoxy groups -OCH3 is 1. The number of imidazole rings is 1. The van der Waals surface area contributed by atoms with Gasteiger partial charge in [-0.15, -0.1) is 0 Å². The van der Waals surface area contributed by atoms with Crippen molar-refractivity contribution in [1.82, 2.24) is 24.0 Å². The SMILES string of the molecule is CC.COc1cc(C(=O)N2CCCC(N)C2)cc2nc(-c3cc4ccc(N(SC)C(F)F)nc4n3CC3CC3)n(C)c12. The van der Waals surface area contributed by atoms with E-state index in [1.54, 1.807) is 30.4 Å². The molecule has 9 nitrogen and oxygen atoms in total. The summed E-state index contributed by atoms with van der Waals surface area (Å²) in [6, 6.07) is 9.03. The van der Waals surface area contributed by atoms with Gasteiger partial charge in [-0.1, -0.05) is 13.8 Å². The summed E-state index contributed by atoms with van der Waals surface area (Å²) < 4.78 is 38.0. The van der Waals surface area contributed by atoms with Crippen LogP contribution in [0.25, 0.3) is 33.6 Å². The lowest BCUT2D eigenvalue weighted by atomic mass is 10.0. The zero-order chi connectivity index (χ0) is 30.1. The smallest absolute Gasteiger partial charge is 0.325 e. The lowest BCUT2D eigenvalue weighted by Gasteiger charge is -2.30. The second-order valence-corrected chi connectivity index (χ2v) is 11.4. The van der Waals surface area contributed by atoms with Gasteiger partial charge < -0.3 is 24.5 Å². The second-order valence-electron chi connectivity index (χ2n) is 10.6. The van der Waals surface area contributed by atoms with Crippen molar-refractivity contribution in [2.45, 2.75) is 58.7 Å². The van der Waals surface area contributed by atoms with E-state index >= 15 is 0 Å². The monoisotopic (exact) mass is 599 g/mol. The first-order valence-electron chi connectivity index (χ1n) is 14.5. The van der Waals surface area contributed by atoms with Gasteiger partial charge in [0.2, 0.25) is 0 Å². The number of fused-ring (bicyclic) bond motifs is 2. The zero-order valence-corrected chi connectivity index (χ0v) is 25.6. The molecule has 2 aliphatic rings. The number of hydrogen-bond donors (Lipinski definition) is 1. The van der Waals surface area contributed by atoms with E-state index in [4.69, 9.17) is 15.5 Å². The molecule has 4 heterocycles. The summed E-state index contributed by atoms with van der Waals surface area (Å²) in [5, 5.41) is 0.853. The normalized spacial score (nSPS) is 17.1. The van der Waals surface area contributed by atoms with E-state index in [0.29, 0.717) is 47.3 Å². The number of benzene rings is 1. The Bertz CT molecular complexity index is 1580. The first kappa shape index (κ1) is 30.1. The number of rotatable bonds is 8. The van der Waals surface area contributed by atoms with E-state index in [-0.39, 0.29) is 17.8 Å². The number of likely N-dealkylation sites (tertiary alicyclic amines) is 1. The van der Waals surface area contributed by atoms with Crippen molar-refractivity contribution in [3.8, 4) is 17.3 Å². The third-order valence-corrected chi connectivity index (χ3v) is 8.58. The molecule has 1 aliphatic heterocycles. The van der Waals surface area contributed by atoms with Crippen LogP contribution in [0.3, 0.4) is 0 Å². The van der Waals surface area contributed by atoms with Crippen molar-refractivity contribution in [2.75, 3.05) is 30.8 Å². The summed E-state index contributed by atoms with van der Waals surface area (Å²) >= 11 is 0.942. The molecule has 0 bridgehead atoms. The molecule has 2 fully saturated rings. The van der Waals surface area contributed by atoms with Gasteiger partial charge in [0, 0.05) is 49.9 Å². The molecule has 2 N–H and O–H groups in total. The Morgan fingerprint density at radius 2 is 1.95 bits per heavy atom. The van der Waals surface area contributed by atoms with Crippen LogP contribution in [0, 0.1) is 5.92 Å². The minimum atomic E-state index is -2.67. The summed E-state index contributed by atoms with van der Waals surface area (Å²) in [6.07, 6.45) is 5.65. The highest BCUT2D eigenvalue weighted by atomic mass is 32.2. The molecule has 3 aromatic heterocycles. The lowest BCUT2D eigenvalue weighted by Crippen LogP contribution is -2.45. The number of pyridine rings is 1. The lowest BCUT2D eigenvalue weighted by molar-refractivity contribution is 0.0708. The standard InChI is InChI=1S/C28H33F2N7O2S.C2H6/c1-34-24-20(11-18(13-22(24)39-2)27(38)35-10-4-5-19(31)15-35)32-26(34)21-12-17-8-9-23(37(40-3)28(29)30)33-25(17)36(21)14-16-6-7-16;1-2/h8-9,11-13,16,19,28H,4-7,10,14-15,31H2,1-3H3;1-2H3. The highest BCUT2D eigenvalue weighted by Gasteiger charge is 2.29. The number of carbonyl (C=O) groups excluding carboxylic acids is 1. The number of piperidine rings is 1. The molecule has 226 valence electrons. The number of aromatic nitrogens is 4. The molecule has 1 amide bonds. The Morgan fingerprint density at radius 1 is 1.19 bits per heavy atom. The number of amides is 1. The van der Waals surface area contributed by atoms with E-state index in [9.17, 15) is 13.6 Å². The van der Waals surface area contributed by atoms with E-state index in [1.165, 1.54) is 0 Å². The molecule has 1 saturated carbocycles. The van der Waals surface area contributed by atoms with Gasteiger partial charge in [0.25, 0.3) is 5.91 Å². The Hall–Kier alpha value is -3.38. The maximum absolute atomic E-state index is 13.6. The molecule has 1 atom stereocenters. The van der Waals surface area contributed by atoms with Gasteiger partial charge in [0.05, 0.1) is 18.3 Å². The van der Waals surface area contributed by atoms with Crippen LogP contribution in [0.2, 0.25) is 0 Å². The minimum absolute atomic E-state index is 0.0176. The molecule has 6 rings (SSSR count). The fourth-order valence-corrected chi connectivity index (χ4v) is 6.09. The summed E-state index contributed by atoms with van der Waals surface area (Å²) in [5.41, 5.74) is 9.54. The number of alkyl halides is 2. The van der Waals surface area contributed by atoms with Gasteiger partial charge in [-0.2, -0.15) is 8.78 Å². The molecule has 42 heavy (non-hydrogen) atoms. The topological polar surface area (TPSA) is 94.4 Å². The molecule has 0 spiro atoms. The Morgan fingerprint density at radius 3 is 2.60 bits per heavy atom. The molecular formula is C30H39F2N7O2S. The summed E-state index contributed by atoms with van der Waals surface area (Å²) in [4.78, 5) is 24.8. The summed E-state index contributed by atoms with van der Waals surface area (Å²) in [7, 11) is 3.51. The summed E-state index contributed by atoms with van der Waals surface area (Å²) in [6.45, 7) is 3.26. The van der Waals surface area contributed by atoms with Crippen LogP contribution in [-0.4, -0.2) is 69.0 Å². The number of hydrogen-bond acceptors (Lipinski definition) is 7. The van der Waals surface area contributed by atoms with Crippen LogP contribution < -0.4 is 14.8 Å². The number of nitrogens with two attached hydrogens (primary N) is 1. The molecule has 0 radical (unpaired) electrons. The second kappa shape index (κ2) is 12.5. The predicted molar refractivity (Wildman–Crippen MR) is 165 cm³/mol. The Balaban J connectivity index is 0.00000173. The number of halogens is 2. The van der Waals surface area contributed by atoms with Gasteiger partial charge in [-0.25, -0.2) is 14.3 Å². The molecule has 1 aromatic carbocycles. The van der Waals surface area contributed by atoms with Gasteiger partial charge in [0.15, 0.2) is 5.82 Å². The molecule has 1 saturated heterocycles. The van der Waals surface area contributed by atoms with Gasteiger partial charge >= 0.3 is 6.55 Å². The van der Waals surface area contributed by atoms with Crippen LogP contribution in [0.15, 0.2) is 30.3 Å². The maximum Gasteiger partial charge on any atom is 0.325 e. The van der Waals surface area contributed by atoms with Crippen molar-refractivity contribution in [3.63, 3.8) is 0 Å². The number of aryl methyl sites for hydroxylation is 1. The fourth-order valence-electron chi connectivity index (χ4n) is 5.64. The highest BCUT2D eigenvalue weighted by molar-refractivity contribution is 7.99. The van der Waals surface area contributed by atoms with Crippen LogP contribution in [0.1, 0.15) is 49.9 Å². The zero-order valence-electron chi connectivity index (χ0n) is 24.8. The Kier molecular flexibility index (Phi) is 8.93. The highest BCUT2D eigenvalue weighted by Crippen LogP contribution is 2.38. The molecule has 1 unspecified atom stereocenters. The average Bonchev–Trinajstić information content (AvgIpc) is 3.67. The van der Waals surface area contributed by atoms with E-state index in [0.717, 1.165) is 65.1 Å².